The quantitative estimate of drug-likeness (QED) is 0.332. The number of thioether (sulfide) groups is 1. The molecule has 2 N–H and O–H groups in total. The highest BCUT2D eigenvalue weighted by atomic mass is 32.2. The zero-order valence-electron chi connectivity index (χ0n) is 13.3. The molecule has 0 aliphatic heterocycles. The van der Waals surface area contributed by atoms with Crippen LogP contribution in [0.15, 0.2) is 53.4 Å². The van der Waals surface area contributed by atoms with Gasteiger partial charge in [-0.2, -0.15) is 0 Å². The molecule has 126 valence electrons. The number of carbonyl (C=O) groups excluding carboxylic acids is 1. The van der Waals surface area contributed by atoms with Crippen LogP contribution < -0.4 is 10.6 Å². The number of aryl methyl sites for hydroxylation is 1. The van der Waals surface area contributed by atoms with Crippen LogP contribution in [0.1, 0.15) is 5.56 Å². The highest BCUT2D eigenvalue weighted by molar-refractivity contribution is 8.00. The Bertz CT molecular complexity index is 704. The maximum Gasteiger partial charge on any atom is 0.269 e. The molecule has 6 nitrogen and oxygen atoms in total. The van der Waals surface area contributed by atoms with E-state index >= 15 is 0 Å². The lowest BCUT2D eigenvalue weighted by atomic mass is 10.2. The first-order valence-corrected chi connectivity index (χ1v) is 8.48. The number of anilines is 1. The van der Waals surface area contributed by atoms with Gasteiger partial charge in [-0.05, 0) is 30.7 Å². The van der Waals surface area contributed by atoms with E-state index in [1.165, 1.54) is 23.9 Å². The molecule has 0 bridgehead atoms. The summed E-state index contributed by atoms with van der Waals surface area (Å²) in [6.45, 7) is 3.07. The second-order valence-corrected chi connectivity index (χ2v) is 6.15. The summed E-state index contributed by atoms with van der Waals surface area (Å²) in [5.74, 6) is 0.358. The minimum absolute atomic E-state index is 0.0197. The van der Waals surface area contributed by atoms with Crippen LogP contribution in [0.2, 0.25) is 0 Å². The van der Waals surface area contributed by atoms with E-state index in [1.54, 1.807) is 12.1 Å². The van der Waals surface area contributed by atoms with Gasteiger partial charge in [0, 0.05) is 35.8 Å². The number of rotatable bonds is 8. The molecule has 0 spiro atoms. The van der Waals surface area contributed by atoms with Crippen molar-refractivity contribution in [2.24, 2.45) is 0 Å². The lowest BCUT2D eigenvalue weighted by Gasteiger charge is -2.08. The number of hydrogen-bond donors (Lipinski definition) is 2. The van der Waals surface area contributed by atoms with E-state index in [0.717, 1.165) is 16.1 Å². The fourth-order valence-electron chi connectivity index (χ4n) is 2.02. The molecule has 2 aromatic rings. The topological polar surface area (TPSA) is 84.3 Å². The number of nitrogens with one attached hydrogen (secondary N) is 2. The third-order valence-electron chi connectivity index (χ3n) is 3.31. The van der Waals surface area contributed by atoms with Crippen LogP contribution >= 0.6 is 11.8 Å². The molecule has 0 unspecified atom stereocenters. The number of carbonyl (C=O) groups is 1. The van der Waals surface area contributed by atoms with Crippen molar-refractivity contribution in [3.63, 3.8) is 0 Å². The third-order valence-corrected chi connectivity index (χ3v) is 4.48. The molecular formula is C17H19N3O3S. The largest absolute Gasteiger partial charge is 0.383 e. The monoisotopic (exact) mass is 345 g/mol. The van der Waals surface area contributed by atoms with E-state index in [0.29, 0.717) is 18.8 Å². The van der Waals surface area contributed by atoms with Crippen molar-refractivity contribution < 1.29 is 9.72 Å². The number of nitrogens with zero attached hydrogens (tertiary/aromatic N) is 1. The molecule has 2 aromatic carbocycles. The van der Waals surface area contributed by atoms with E-state index in [-0.39, 0.29) is 11.6 Å². The van der Waals surface area contributed by atoms with Gasteiger partial charge in [0.25, 0.3) is 5.69 Å². The number of nitro benzene ring substituents is 1. The number of nitro groups is 1. The third kappa shape index (κ3) is 5.58. The summed E-state index contributed by atoms with van der Waals surface area (Å²) in [4.78, 5) is 23.1. The lowest BCUT2D eigenvalue weighted by molar-refractivity contribution is -0.384. The Morgan fingerprint density at radius 3 is 2.50 bits per heavy atom. The second-order valence-electron chi connectivity index (χ2n) is 5.13. The summed E-state index contributed by atoms with van der Waals surface area (Å²) in [5.41, 5.74) is 2.00. The van der Waals surface area contributed by atoms with Gasteiger partial charge >= 0.3 is 0 Å². The SMILES string of the molecule is Cc1ccccc1SCC(=O)NCCNc1ccc([N+](=O)[O-])cc1. The Hall–Kier alpha value is -2.54. The Morgan fingerprint density at radius 2 is 1.83 bits per heavy atom. The standard InChI is InChI=1S/C17H19N3O3S/c1-13-4-2-3-5-16(13)24-12-17(21)19-11-10-18-14-6-8-15(9-7-14)20(22)23/h2-9,18H,10-12H2,1H3,(H,19,21). The van der Waals surface area contributed by atoms with Gasteiger partial charge in [-0.25, -0.2) is 0 Å². The first-order chi connectivity index (χ1) is 11.6. The van der Waals surface area contributed by atoms with Crippen molar-refractivity contribution in [1.29, 1.82) is 0 Å². The van der Waals surface area contributed by atoms with Gasteiger partial charge in [-0.15, -0.1) is 11.8 Å². The summed E-state index contributed by atoms with van der Waals surface area (Å²) in [5, 5.41) is 16.5. The number of non-ortho nitro benzene ring substituents is 1. The Balaban J connectivity index is 1.65. The van der Waals surface area contributed by atoms with Gasteiger partial charge in [0.2, 0.25) is 5.91 Å². The van der Waals surface area contributed by atoms with Gasteiger partial charge < -0.3 is 10.6 Å². The molecule has 0 aliphatic carbocycles. The van der Waals surface area contributed by atoms with Crippen molar-refractivity contribution in [3.8, 4) is 0 Å². The maximum absolute atomic E-state index is 11.8. The Morgan fingerprint density at radius 1 is 1.12 bits per heavy atom. The average Bonchev–Trinajstić information content (AvgIpc) is 2.58. The van der Waals surface area contributed by atoms with Crippen molar-refractivity contribution >= 4 is 29.0 Å². The molecule has 0 fully saturated rings. The van der Waals surface area contributed by atoms with Crippen molar-refractivity contribution in [2.45, 2.75) is 11.8 Å². The fourth-order valence-corrected chi connectivity index (χ4v) is 2.88. The second kappa shape index (κ2) is 8.93. The fraction of sp³-hybridized carbons (Fsp3) is 0.235. The molecule has 1 amide bonds. The van der Waals surface area contributed by atoms with E-state index in [1.807, 2.05) is 31.2 Å². The Kier molecular flexibility index (Phi) is 6.62. The van der Waals surface area contributed by atoms with Crippen molar-refractivity contribution in [1.82, 2.24) is 5.32 Å². The van der Waals surface area contributed by atoms with Gasteiger partial charge in [-0.1, -0.05) is 18.2 Å². The van der Waals surface area contributed by atoms with E-state index in [9.17, 15) is 14.9 Å². The van der Waals surface area contributed by atoms with Crippen LogP contribution in [0.5, 0.6) is 0 Å². The molecule has 0 aromatic heterocycles. The zero-order chi connectivity index (χ0) is 17.4. The summed E-state index contributed by atoms with van der Waals surface area (Å²) in [6.07, 6.45) is 0. The summed E-state index contributed by atoms with van der Waals surface area (Å²) in [7, 11) is 0. The van der Waals surface area contributed by atoms with Crippen LogP contribution in [0.25, 0.3) is 0 Å². The highest BCUT2D eigenvalue weighted by Crippen LogP contribution is 2.21. The predicted octanol–water partition coefficient (Wildman–Crippen LogP) is 3.22. The van der Waals surface area contributed by atoms with Crippen LogP contribution in [-0.2, 0) is 4.79 Å². The minimum atomic E-state index is -0.434. The molecule has 0 radical (unpaired) electrons. The Labute approximate surface area is 144 Å². The molecule has 7 heteroatoms. The van der Waals surface area contributed by atoms with Crippen LogP contribution in [0.3, 0.4) is 0 Å². The number of amides is 1. The molecular weight excluding hydrogens is 326 g/mol. The van der Waals surface area contributed by atoms with Gasteiger partial charge in [0.1, 0.15) is 0 Å². The van der Waals surface area contributed by atoms with Gasteiger partial charge in [0.15, 0.2) is 0 Å². The molecule has 0 heterocycles. The number of hydrogen-bond acceptors (Lipinski definition) is 5. The highest BCUT2D eigenvalue weighted by Gasteiger charge is 2.05. The van der Waals surface area contributed by atoms with Gasteiger partial charge in [-0.3, -0.25) is 14.9 Å². The summed E-state index contributed by atoms with van der Waals surface area (Å²) in [6, 6.07) is 14.1. The summed E-state index contributed by atoms with van der Waals surface area (Å²) >= 11 is 1.52. The lowest BCUT2D eigenvalue weighted by Crippen LogP contribution is -2.30. The molecule has 0 atom stereocenters. The van der Waals surface area contributed by atoms with Crippen molar-refractivity contribution in [3.05, 3.63) is 64.2 Å². The molecule has 0 saturated heterocycles. The predicted molar refractivity (Wildman–Crippen MR) is 96.5 cm³/mol. The normalized spacial score (nSPS) is 10.2. The molecule has 2 rings (SSSR count). The first-order valence-electron chi connectivity index (χ1n) is 7.50. The van der Waals surface area contributed by atoms with Crippen LogP contribution in [0.4, 0.5) is 11.4 Å². The number of benzene rings is 2. The smallest absolute Gasteiger partial charge is 0.269 e. The average molecular weight is 345 g/mol. The molecule has 24 heavy (non-hydrogen) atoms. The van der Waals surface area contributed by atoms with E-state index in [4.69, 9.17) is 0 Å². The van der Waals surface area contributed by atoms with Crippen LogP contribution in [0, 0.1) is 17.0 Å². The van der Waals surface area contributed by atoms with E-state index < -0.39 is 4.92 Å². The molecule has 0 saturated carbocycles. The van der Waals surface area contributed by atoms with Gasteiger partial charge in [0.05, 0.1) is 10.7 Å². The minimum Gasteiger partial charge on any atom is -0.383 e. The summed E-state index contributed by atoms with van der Waals surface area (Å²) < 4.78 is 0. The van der Waals surface area contributed by atoms with Crippen molar-refractivity contribution in [2.75, 3.05) is 24.2 Å². The van der Waals surface area contributed by atoms with Crippen LogP contribution in [-0.4, -0.2) is 29.7 Å². The van der Waals surface area contributed by atoms with E-state index in [2.05, 4.69) is 10.6 Å². The zero-order valence-corrected chi connectivity index (χ0v) is 14.1. The molecule has 0 aliphatic rings. The maximum atomic E-state index is 11.8. The first kappa shape index (κ1) is 17.8.